The lowest BCUT2D eigenvalue weighted by Gasteiger charge is -2.06. The number of hydrogen-bond donors (Lipinski definition) is 1. The summed E-state index contributed by atoms with van der Waals surface area (Å²) in [4.78, 5) is 3.96. The molecule has 1 unspecified atom stereocenters. The van der Waals surface area contributed by atoms with Crippen LogP contribution >= 0.6 is 0 Å². The van der Waals surface area contributed by atoms with E-state index in [0.717, 1.165) is 12.1 Å². The fraction of sp³-hybridized carbons (Fsp3) is 0.308. The molecule has 0 amide bonds. The van der Waals surface area contributed by atoms with Crippen LogP contribution in [0.4, 0.5) is 13.2 Å². The van der Waals surface area contributed by atoms with Gasteiger partial charge in [-0.15, -0.1) is 0 Å². The summed E-state index contributed by atoms with van der Waals surface area (Å²) in [5, 5.41) is 9.27. The third-order valence-electron chi connectivity index (χ3n) is 2.62. The molecule has 0 saturated heterocycles. The van der Waals surface area contributed by atoms with E-state index in [1.165, 1.54) is 18.3 Å². The average molecular weight is 271 g/mol. The molecule has 1 aromatic heterocycles. The van der Waals surface area contributed by atoms with Gasteiger partial charge in [0.25, 0.3) is 0 Å². The minimum Gasteiger partial charge on any atom is -0.443 e. The van der Waals surface area contributed by atoms with Crippen molar-refractivity contribution < 1.29 is 22.7 Å². The first-order valence-electron chi connectivity index (χ1n) is 5.65. The average Bonchev–Trinajstić information content (AvgIpc) is 2.77. The molecule has 0 fully saturated rings. The Labute approximate surface area is 107 Å². The number of nitrogens with zero attached hydrogens (tertiary/aromatic N) is 1. The first-order chi connectivity index (χ1) is 8.86. The maximum absolute atomic E-state index is 12.4. The molecule has 3 nitrogen and oxygen atoms in total. The summed E-state index contributed by atoms with van der Waals surface area (Å²) in [6, 6.07) is 4.81. The Hall–Kier alpha value is -1.82. The Morgan fingerprint density at radius 2 is 1.89 bits per heavy atom. The van der Waals surface area contributed by atoms with Crippen molar-refractivity contribution >= 4 is 0 Å². The van der Waals surface area contributed by atoms with Crippen molar-refractivity contribution in [2.45, 2.75) is 25.6 Å². The van der Waals surface area contributed by atoms with Crippen LogP contribution < -0.4 is 0 Å². The van der Waals surface area contributed by atoms with E-state index in [2.05, 4.69) is 4.98 Å². The third kappa shape index (κ3) is 3.35. The monoisotopic (exact) mass is 271 g/mol. The van der Waals surface area contributed by atoms with E-state index in [-0.39, 0.29) is 6.42 Å². The molecule has 1 aromatic carbocycles. The van der Waals surface area contributed by atoms with Crippen molar-refractivity contribution in [1.29, 1.82) is 0 Å². The van der Waals surface area contributed by atoms with Crippen molar-refractivity contribution in [3.63, 3.8) is 0 Å². The molecular weight excluding hydrogens is 259 g/mol. The molecule has 0 spiro atoms. The predicted octanol–water partition coefficient (Wildman–Crippen LogP) is 3.34. The number of oxazole rings is 1. The van der Waals surface area contributed by atoms with Crippen molar-refractivity contribution in [3.8, 4) is 0 Å². The molecular formula is C13H12F3NO2. The number of halogens is 3. The van der Waals surface area contributed by atoms with Crippen molar-refractivity contribution in [2.24, 2.45) is 0 Å². The fourth-order valence-corrected chi connectivity index (χ4v) is 1.59. The topological polar surface area (TPSA) is 46.3 Å². The lowest BCUT2D eigenvalue weighted by Crippen LogP contribution is -2.04. The maximum atomic E-state index is 12.4. The van der Waals surface area contributed by atoms with Crippen LogP contribution in [-0.2, 0) is 12.6 Å². The molecule has 102 valence electrons. The zero-order valence-corrected chi connectivity index (χ0v) is 10.1. The van der Waals surface area contributed by atoms with Crippen LogP contribution in [0.15, 0.2) is 34.9 Å². The summed E-state index contributed by atoms with van der Waals surface area (Å²) in [7, 11) is 0. The van der Waals surface area contributed by atoms with E-state index in [1.54, 1.807) is 6.92 Å². The Morgan fingerprint density at radius 3 is 2.37 bits per heavy atom. The highest BCUT2D eigenvalue weighted by molar-refractivity contribution is 5.26. The van der Waals surface area contributed by atoms with Gasteiger partial charge in [-0.3, -0.25) is 0 Å². The van der Waals surface area contributed by atoms with Crippen LogP contribution in [0.25, 0.3) is 0 Å². The van der Waals surface area contributed by atoms with Gasteiger partial charge in [-0.05, 0) is 24.6 Å². The second-order valence-electron chi connectivity index (χ2n) is 4.20. The summed E-state index contributed by atoms with van der Waals surface area (Å²) >= 11 is 0. The number of benzene rings is 1. The van der Waals surface area contributed by atoms with Gasteiger partial charge in [-0.1, -0.05) is 12.1 Å². The number of aromatic nitrogens is 1. The van der Waals surface area contributed by atoms with Gasteiger partial charge in [0, 0.05) is 6.42 Å². The predicted molar refractivity (Wildman–Crippen MR) is 61.4 cm³/mol. The molecule has 2 aromatic rings. The first-order valence-corrected chi connectivity index (χ1v) is 5.65. The molecule has 0 aliphatic rings. The summed E-state index contributed by atoms with van der Waals surface area (Å²) in [5.41, 5.74) is -0.0275. The second kappa shape index (κ2) is 5.05. The molecule has 2 rings (SSSR count). The van der Waals surface area contributed by atoms with E-state index < -0.39 is 17.8 Å². The number of aliphatic hydroxyl groups excluding tert-OH is 1. The van der Waals surface area contributed by atoms with Crippen LogP contribution in [0.5, 0.6) is 0 Å². The van der Waals surface area contributed by atoms with Gasteiger partial charge < -0.3 is 9.52 Å². The Bertz CT molecular complexity index is 544. The van der Waals surface area contributed by atoms with Gasteiger partial charge in [0.2, 0.25) is 0 Å². The molecule has 0 bridgehead atoms. The zero-order chi connectivity index (χ0) is 14.0. The number of aliphatic hydroxyl groups is 1. The Kier molecular flexibility index (Phi) is 3.61. The summed E-state index contributed by atoms with van der Waals surface area (Å²) in [6.45, 7) is 1.54. The quantitative estimate of drug-likeness (QED) is 0.931. The molecule has 19 heavy (non-hydrogen) atoms. The third-order valence-corrected chi connectivity index (χ3v) is 2.62. The Morgan fingerprint density at radius 1 is 1.26 bits per heavy atom. The lowest BCUT2D eigenvalue weighted by molar-refractivity contribution is -0.137. The largest absolute Gasteiger partial charge is 0.443 e. The SMILES string of the molecule is CC(O)c1cnc(Cc2ccc(C(F)(F)F)cc2)o1. The summed E-state index contributed by atoms with van der Waals surface area (Å²) in [5.74, 6) is 0.692. The Balaban J connectivity index is 2.11. The van der Waals surface area contributed by atoms with E-state index in [4.69, 9.17) is 4.42 Å². The van der Waals surface area contributed by atoms with Crippen molar-refractivity contribution in [2.75, 3.05) is 0 Å². The second-order valence-corrected chi connectivity index (χ2v) is 4.20. The molecule has 0 saturated carbocycles. The van der Waals surface area contributed by atoms with Gasteiger partial charge >= 0.3 is 6.18 Å². The van der Waals surface area contributed by atoms with Crippen molar-refractivity contribution in [3.05, 3.63) is 53.2 Å². The van der Waals surface area contributed by atoms with Crippen LogP contribution in [0.1, 0.15) is 35.8 Å². The smallest absolute Gasteiger partial charge is 0.416 e. The lowest BCUT2D eigenvalue weighted by atomic mass is 10.1. The van der Waals surface area contributed by atoms with Gasteiger partial charge in [-0.25, -0.2) is 4.98 Å². The zero-order valence-electron chi connectivity index (χ0n) is 10.1. The van der Waals surface area contributed by atoms with Crippen molar-refractivity contribution in [1.82, 2.24) is 4.98 Å². The molecule has 0 radical (unpaired) electrons. The molecule has 1 atom stereocenters. The van der Waals surface area contributed by atoms with Gasteiger partial charge in [0.05, 0.1) is 11.8 Å². The van der Waals surface area contributed by atoms with Crippen LogP contribution in [-0.4, -0.2) is 10.1 Å². The molecule has 0 aliphatic carbocycles. The fourth-order valence-electron chi connectivity index (χ4n) is 1.59. The minimum atomic E-state index is -4.33. The van der Waals surface area contributed by atoms with Crippen LogP contribution in [0, 0.1) is 0 Å². The minimum absolute atomic E-state index is 0.283. The van der Waals surface area contributed by atoms with Gasteiger partial charge in [-0.2, -0.15) is 13.2 Å². The summed E-state index contributed by atoms with van der Waals surface area (Å²) < 4.78 is 42.4. The van der Waals surface area contributed by atoms with Crippen LogP contribution in [0.2, 0.25) is 0 Å². The normalized spacial score (nSPS) is 13.5. The highest BCUT2D eigenvalue weighted by Crippen LogP contribution is 2.29. The van der Waals surface area contributed by atoms with E-state index in [9.17, 15) is 18.3 Å². The highest BCUT2D eigenvalue weighted by atomic mass is 19.4. The number of hydrogen-bond acceptors (Lipinski definition) is 3. The van der Waals surface area contributed by atoms with Gasteiger partial charge in [0.15, 0.2) is 11.7 Å². The molecule has 1 heterocycles. The van der Waals surface area contributed by atoms with E-state index >= 15 is 0 Å². The molecule has 0 aliphatic heterocycles. The molecule has 6 heteroatoms. The highest BCUT2D eigenvalue weighted by Gasteiger charge is 2.29. The van der Waals surface area contributed by atoms with Crippen LogP contribution in [0.3, 0.4) is 0 Å². The van der Waals surface area contributed by atoms with Gasteiger partial charge in [0.1, 0.15) is 6.10 Å². The number of rotatable bonds is 3. The molecule has 1 N–H and O–H groups in total. The first kappa shape index (κ1) is 13.6. The standard InChI is InChI=1S/C13H12F3NO2/c1-8(18)11-7-17-12(19-11)6-9-2-4-10(5-3-9)13(14,15)16/h2-5,7-8,18H,6H2,1H3. The van der Waals surface area contributed by atoms with E-state index in [0.29, 0.717) is 17.2 Å². The van der Waals surface area contributed by atoms with E-state index in [1.807, 2.05) is 0 Å². The summed E-state index contributed by atoms with van der Waals surface area (Å²) in [6.07, 6.45) is -3.40. The number of alkyl halides is 3. The maximum Gasteiger partial charge on any atom is 0.416 e.